The topological polar surface area (TPSA) is 76.1 Å². The third-order valence-electron chi connectivity index (χ3n) is 3.82. The fourth-order valence-corrected chi connectivity index (χ4v) is 2.79. The van der Waals surface area contributed by atoms with E-state index in [-0.39, 0.29) is 17.3 Å². The van der Waals surface area contributed by atoms with Crippen LogP contribution in [0.2, 0.25) is 0 Å². The van der Waals surface area contributed by atoms with Gasteiger partial charge in [0.15, 0.2) is 5.75 Å². The molecule has 0 bridgehead atoms. The number of hydrogen-bond acceptors (Lipinski definition) is 4. The van der Waals surface area contributed by atoms with Gasteiger partial charge in [0, 0.05) is 6.04 Å². The maximum absolute atomic E-state index is 12.4. The van der Waals surface area contributed by atoms with E-state index >= 15 is 0 Å². The average molecular weight is 329 g/mol. The lowest BCUT2D eigenvalue weighted by molar-refractivity contribution is -0.189. The van der Waals surface area contributed by atoms with Gasteiger partial charge < -0.3 is 15.0 Å². The molecule has 0 spiro atoms. The Kier molecular flexibility index (Phi) is 3.88. The molecular formula is C14H14F3N3O3. The first-order chi connectivity index (χ1) is 10.9. The van der Waals surface area contributed by atoms with Crippen molar-refractivity contribution >= 4 is 17.0 Å². The fraction of sp³-hybridized carbons (Fsp3) is 0.429. The van der Waals surface area contributed by atoms with E-state index < -0.39 is 17.8 Å². The van der Waals surface area contributed by atoms with Gasteiger partial charge in [0.1, 0.15) is 5.52 Å². The van der Waals surface area contributed by atoms with Gasteiger partial charge in [-0.25, -0.2) is 9.59 Å². The first-order valence-electron chi connectivity index (χ1n) is 7.11. The second kappa shape index (κ2) is 5.73. The van der Waals surface area contributed by atoms with E-state index in [1.165, 1.54) is 16.7 Å². The maximum atomic E-state index is 12.4. The summed E-state index contributed by atoms with van der Waals surface area (Å²) in [6.45, 7) is 1.51. The molecule has 6 nitrogen and oxygen atoms in total. The third-order valence-corrected chi connectivity index (χ3v) is 3.82. The number of benzene rings is 1. The number of ether oxygens (including phenoxy) is 1. The minimum absolute atomic E-state index is 0.0499. The number of carbonyl (C=O) groups is 1. The van der Waals surface area contributed by atoms with Crippen molar-refractivity contribution in [3.05, 3.63) is 28.7 Å². The summed E-state index contributed by atoms with van der Waals surface area (Å²) in [6, 6.07) is 4.23. The predicted octanol–water partition coefficient (Wildman–Crippen LogP) is 1.72. The summed E-state index contributed by atoms with van der Waals surface area (Å²) in [6.07, 6.45) is -3.63. The highest BCUT2D eigenvalue weighted by Crippen LogP contribution is 2.29. The van der Waals surface area contributed by atoms with Gasteiger partial charge in [-0.05, 0) is 38.1 Å². The normalized spacial score (nSPS) is 16.7. The minimum atomic E-state index is -5.10. The van der Waals surface area contributed by atoms with Crippen molar-refractivity contribution in [1.29, 1.82) is 0 Å². The van der Waals surface area contributed by atoms with Crippen molar-refractivity contribution in [2.24, 2.45) is 0 Å². The van der Waals surface area contributed by atoms with E-state index in [1.54, 1.807) is 6.07 Å². The van der Waals surface area contributed by atoms with Crippen LogP contribution in [-0.4, -0.2) is 34.8 Å². The number of aromatic amines is 1. The Morgan fingerprint density at radius 3 is 2.61 bits per heavy atom. The summed E-state index contributed by atoms with van der Waals surface area (Å²) < 4.78 is 43.0. The molecule has 23 heavy (non-hydrogen) atoms. The van der Waals surface area contributed by atoms with E-state index in [0.29, 0.717) is 5.52 Å². The van der Waals surface area contributed by atoms with Gasteiger partial charge in [0.05, 0.1) is 5.52 Å². The molecule has 2 heterocycles. The van der Waals surface area contributed by atoms with Crippen molar-refractivity contribution in [2.45, 2.75) is 25.1 Å². The fourth-order valence-electron chi connectivity index (χ4n) is 2.79. The van der Waals surface area contributed by atoms with Gasteiger partial charge >= 0.3 is 17.8 Å². The Morgan fingerprint density at radius 1 is 1.26 bits per heavy atom. The van der Waals surface area contributed by atoms with Gasteiger partial charge in [0.2, 0.25) is 0 Å². The zero-order valence-corrected chi connectivity index (χ0v) is 11.9. The van der Waals surface area contributed by atoms with Crippen LogP contribution in [0.25, 0.3) is 11.0 Å². The Morgan fingerprint density at radius 2 is 1.96 bits per heavy atom. The number of aromatic nitrogens is 2. The first-order valence-corrected chi connectivity index (χ1v) is 7.11. The molecule has 0 atom stereocenters. The summed E-state index contributed by atoms with van der Waals surface area (Å²) in [7, 11) is 0. The third kappa shape index (κ3) is 2.96. The Hall–Kier alpha value is -2.29. The number of H-pyrrole nitrogens is 1. The number of alkyl halides is 3. The Bertz CT molecular complexity index is 788. The molecule has 3 rings (SSSR count). The van der Waals surface area contributed by atoms with Crippen molar-refractivity contribution < 1.29 is 22.7 Å². The highest BCUT2D eigenvalue weighted by Gasteiger charge is 2.41. The van der Waals surface area contributed by atoms with Crippen LogP contribution in [0.4, 0.5) is 13.2 Å². The summed E-state index contributed by atoms with van der Waals surface area (Å²) in [5, 5.41) is 3.18. The van der Waals surface area contributed by atoms with E-state index in [0.717, 1.165) is 25.9 Å². The molecule has 1 aliphatic rings. The minimum Gasteiger partial charge on any atom is -0.418 e. The highest BCUT2D eigenvalue weighted by molar-refractivity contribution is 5.86. The van der Waals surface area contributed by atoms with Crippen LogP contribution in [0, 0.1) is 0 Å². The highest BCUT2D eigenvalue weighted by atomic mass is 19.4. The number of para-hydroxylation sites is 1. The lowest BCUT2D eigenvalue weighted by atomic mass is 10.1. The number of hydrogen-bond donors (Lipinski definition) is 2. The van der Waals surface area contributed by atoms with E-state index in [4.69, 9.17) is 0 Å². The summed E-state index contributed by atoms with van der Waals surface area (Å²) in [5.74, 6) is -2.63. The van der Waals surface area contributed by atoms with E-state index in [9.17, 15) is 22.8 Å². The van der Waals surface area contributed by atoms with Gasteiger partial charge in [-0.2, -0.15) is 13.2 Å². The standard InChI is InChI=1S/C14H14F3N3O3/c15-14(16,17)12(21)23-10-3-1-2-9-11(10)19-13(22)20(9)8-4-6-18-7-5-8/h1-3,8,18H,4-7H2,(H,19,22). The molecule has 1 aromatic carbocycles. The monoisotopic (exact) mass is 329 g/mol. The lowest BCUT2D eigenvalue weighted by Crippen LogP contribution is -2.33. The van der Waals surface area contributed by atoms with E-state index in [1.807, 2.05) is 0 Å². The van der Waals surface area contributed by atoms with Crippen LogP contribution in [0.3, 0.4) is 0 Å². The molecule has 2 aromatic rings. The van der Waals surface area contributed by atoms with Gasteiger partial charge in [-0.15, -0.1) is 0 Å². The van der Waals surface area contributed by atoms with Gasteiger partial charge in [0.25, 0.3) is 0 Å². The number of nitrogens with zero attached hydrogens (tertiary/aromatic N) is 1. The molecule has 0 saturated carbocycles. The molecule has 9 heteroatoms. The molecular weight excluding hydrogens is 315 g/mol. The van der Waals surface area contributed by atoms with Crippen molar-refractivity contribution in [3.63, 3.8) is 0 Å². The van der Waals surface area contributed by atoms with Gasteiger partial charge in [-0.3, -0.25) is 4.57 Å². The van der Waals surface area contributed by atoms with Crippen molar-refractivity contribution in [3.8, 4) is 5.75 Å². The number of esters is 1. The van der Waals surface area contributed by atoms with Crippen LogP contribution in [0.15, 0.2) is 23.0 Å². The number of piperidine rings is 1. The Labute approximate surface area is 128 Å². The number of carbonyl (C=O) groups excluding carboxylic acids is 1. The van der Waals surface area contributed by atoms with Crippen LogP contribution >= 0.6 is 0 Å². The number of imidazole rings is 1. The lowest BCUT2D eigenvalue weighted by Gasteiger charge is -2.23. The molecule has 0 aliphatic carbocycles. The largest absolute Gasteiger partial charge is 0.491 e. The van der Waals surface area contributed by atoms with Crippen molar-refractivity contribution in [1.82, 2.24) is 14.9 Å². The summed E-state index contributed by atoms with van der Waals surface area (Å²) >= 11 is 0. The second-order valence-corrected chi connectivity index (χ2v) is 5.32. The maximum Gasteiger partial charge on any atom is 0.491 e. The second-order valence-electron chi connectivity index (χ2n) is 5.32. The van der Waals surface area contributed by atoms with Crippen LogP contribution in [0.1, 0.15) is 18.9 Å². The van der Waals surface area contributed by atoms with Crippen LogP contribution < -0.4 is 15.7 Å². The zero-order valence-electron chi connectivity index (χ0n) is 11.9. The predicted molar refractivity (Wildman–Crippen MR) is 75.4 cm³/mol. The molecule has 2 N–H and O–H groups in total. The van der Waals surface area contributed by atoms with Crippen LogP contribution in [-0.2, 0) is 4.79 Å². The Balaban J connectivity index is 2.02. The van der Waals surface area contributed by atoms with Gasteiger partial charge in [-0.1, -0.05) is 6.07 Å². The molecule has 1 aromatic heterocycles. The summed E-state index contributed by atoms with van der Waals surface area (Å²) in [5.41, 5.74) is 0.0883. The summed E-state index contributed by atoms with van der Waals surface area (Å²) in [4.78, 5) is 25.7. The number of halogens is 3. The molecule has 0 unspecified atom stereocenters. The average Bonchev–Trinajstić information content (AvgIpc) is 2.84. The van der Waals surface area contributed by atoms with Crippen LogP contribution in [0.5, 0.6) is 5.75 Å². The molecule has 1 saturated heterocycles. The first kappa shape index (κ1) is 15.6. The van der Waals surface area contributed by atoms with E-state index in [2.05, 4.69) is 15.0 Å². The number of nitrogens with one attached hydrogen (secondary N) is 2. The quantitative estimate of drug-likeness (QED) is 0.650. The molecule has 0 radical (unpaired) electrons. The molecule has 124 valence electrons. The number of rotatable bonds is 2. The molecule has 1 aliphatic heterocycles. The zero-order chi connectivity index (χ0) is 16.6. The van der Waals surface area contributed by atoms with Crippen molar-refractivity contribution in [2.75, 3.05) is 13.1 Å². The smallest absolute Gasteiger partial charge is 0.418 e. The molecule has 1 fully saturated rings. The SMILES string of the molecule is O=C(Oc1cccc2c1[nH]c(=O)n2C1CCNCC1)C(F)(F)F. The molecule has 0 amide bonds. The number of fused-ring (bicyclic) bond motifs is 1.